The first kappa shape index (κ1) is 16.0. The first-order valence-corrected chi connectivity index (χ1v) is 7.73. The van der Waals surface area contributed by atoms with E-state index in [9.17, 15) is 4.79 Å². The molecule has 0 radical (unpaired) electrons. The fourth-order valence-electron chi connectivity index (χ4n) is 2.92. The average molecular weight is 293 g/mol. The van der Waals surface area contributed by atoms with Crippen molar-refractivity contribution >= 4 is 5.97 Å². The molecule has 0 saturated carbocycles. The van der Waals surface area contributed by atoms with E-state index in [4.69, 9.17) is 4.74 Å². The summed E-state index contributed by atoms with van der Waals surface area (Å²) >= 11 is 0. The Balaban J connectivity index is 2.07. The summed E-state index contributed by atoms with van der Waals surface area (Å²) in [6.07, 6.45) is 2.83. The molecule has 1 saturated heterocycles. The van der Waals surface area contributed by atoms with Gasteiger partial charge in [-0.05, 0) is 31.2 Å². The van der Waals surface area contributed by atoms with Crippen molar-refractivity contribution in [3.63, 3.8) is 0 Å². The lowest BCUT2D eigenvalue weighted by molar-refractivity contribution is 0.0523. The van der Waals surface area contributed by atoms with Crippen LogP contribution in [0.15, 0.2) is 6.20 Å². The van der Waals surface area contributed by atoms with Gasteiger partial charge in [0.2, 0.25) is 0 Å². The van der Waals surface area contributed by atoms with Crippen LogP contribution in [0.2, 0.25) is 0 Å². The summed E-state index contributed by atoms with van der Waals surface area (Å²) in [7, 11) is 1.88. The van der Waals surface area contributed by atoms with Gasteiger partial charge in [-0.15, -0.1) is 0 Å². The third kappa shape index (κ3) is 3.64. The monoisotopic (exact) mass is 293 g/mol. The first-order chi connectivity index (χ1) is 9.82. The number of ether oxygens (including phenoxy) is 1. The van der Waals surface area contributed by atoms with Gasteiger partial charge in [-0.25, -0.2) is 4.79 Å². The van der Waals surface area contributed by atoms with Crippen LogP contribution in [0.3, 0.4) is 0 Å². The Bertz CT molecular complexity index is 502. The van der Waals surface area contributed by atoms with E-state index < -0.39 is 0 Å². The van der Waals surface area contributed by atoms with Gasteiger partial charge in [0.1, 0.15) is 5.56 Å². The fourth-order valence-corrected chi connectivity index (χ4v) is 2.92. The zero-order valence-electron chi connectivity index (χ0n) is 13.8. The van der Waals surface area contributed by atoms with E-state index in [1.807, 2.05) is 14.0 Å². The number of rotatable bonds is 4. The van der Waals surface area contributed by atoms with E-state index in [2.05, 4.69) is 30.8 Å². The number of hydrogen-bond acceptors (Lipinski definition) is 4. The maximum absolute atomic E-state index is 12.0. The Hall–Kier alpha value is -1.36. The van der Waals surface area contributed by atoms with Crippen molar-refractivity contribution in [1.29, 1.82) is 0 Å². The highest BCUT2D eigenvalue weighted by Gasteiger charge is 2.32. The van der Waals surface area contributed by atoms with Crippen LogP contribution in [-0.4, -0.2) is 40.3 Å². The number of likely N-dealkylation sites (tertiary alicyclic amines) is 1. The molecule has 2 heterocycles. The Kier molecular flexibility index (Phi) is 4.71. The van der Waals surface area contributed by atoms with Gasteiger partial charge in [0, 0.05) is 20.1 Å². The van der Waals surface area contributed by atoms with Crippen molar-refractivity contribution in [1.82, 2.24) is 14.7 Å². The molecule has 0 aromatic carbocycles. The molecule has 0 spiro atoms. The van der Waals surface area contributed by atoms with E-state index in [-0.39, 0.29) is 5.97 Å². The predicted molar refractivity (Wildman–Crippen MR) is 82.0 cm³/mol. The van der Waals surface area contributed by atoms with Crippen molar-refractivity contribution in [2.75, 3.05) is 19.7 Å². The molecule has 118 valence electrons. The number of aromatic nitrogens is 2. The molecule has 1 aromatic rings. The maximum Gasteiger partial charge on any atom is 0.341 e. The summed E-state index contributed by atoms with van der Waals surface area (Å²) in [5.41, 5.74) is 1.88. The van der Waals surface area contributed by atoms with Crippen LogP contribution in [-0.2, 0) is 18.3 Å². The van der Waals surface area contributed by atoms with E-state index >= 15 is 0 Å². The Morgan fingerprint density at radius 2 is 2.19 bits per heavy atom. The molecule has 0 aliphatic carbocycles. The molecular formula is C16H27N3O2. The molecule has 1 fully saturated rings. The van der Waals surface area contributed by atoms with Gasteiger partial charge in [-0.3, -0.25) is 9.58 Å². The smallest absolute Gasteiger partial charge is 0.341 e. The lowest BCUT2D eigenvalue weighted by atomic mass is 9.80. The van der Waals surface area contributed by atoms with Crippen molar-refractivity contribution in [2.24, 2.45) is 18.4 Å². The summed E-state index contributed by atoms with van der Waals surface area (Å²) in [5, 5.41) is 4.22. The molecule has 2 rings (SSSR count). The minimum Gasteiger partial charge on any atom is -0.462 e. The van der Waals surface area contributed by atoms with E-state index in [1.54, 1.807) is 10.9 Å². The maximum atomic E-state index is 12.0. The molecular weight excluding hydrogens is 266 g/mol. The highest BCUT2D eigenvalue weighted by Crippen LogP contribution is 2.34. The second-order valence-corrected chi connectivity index (χ2v) is 6.94. The third-order valence-electron chi connectivity index (χ3n) is 4.43. The highest BCUT2D eigenvalue weighted by molar-refractivity contribution is 5.90. The van der Waals surface area contributed by atoms with Gasteiger partial charge in [0.25, 0.3) is 0 Å². The highest BCUT2D eigenvalue weighted by atomic mass is 16.5. The summed E-state index contributed by atoms with van der Waals surface area (Å²) < 4.78 is 6.90. The lowest BCUT2D eigenvalue weighted by Crippen LogP contribution is -2.27. The molecule has 21 heavy (non-hydrogen) atoms. The number of nitrogens with zero attached hydrogens (tertiary/aromatic N) is 3. The molecule has 1 aliphatic rings. The van der Waals surface area contributed by atoms with Crippen molar-refractivity contribution in [3.05, 3.63) is 17.5 Å². The average Bonchev–Trinajstić information content (AvgIpc) is 2.98. The van der Waals surface area contributed by atoms with Crippen LogP contribution < -0.4 is 0 Å². The standard InChI is InChI=1S/C16H27N3O2/c1-6-21-15(20)13-9-17-18(5)14(13)11-19-8-7-12(10-19)16(2,3)4/h9,12H,6-8,10-11H2,1-5H3. The molecule has 0 bridgehead atoms. The number of esters is 1. The van der Waals surface area contributed by atoms with Crippen LogP contribution in [0.1, 0.15) is 50.2 Å². The van der Waals surface area contributed by atoms with Gasteiger partial charge in [0.05, 0.1) is 18.5 Å². The predicted octanol–water partition coefficient (Wildman–Crippen LogP) is 2.46. The molecule has 5 nitrogen and oxygen atoms in total. The Morgan fingerprint density at radius 1 is 1.48 bits per heavy atom. The van der Waals surface area contributed by atoms with Gasteiger partial charge in [0.15, 0.2) is 0 Å². The topological polar surface area (TPSA) is 47.4 Å². The van der Waals surface area contributed by atoms with Crippen LogP contribution in [0.5, 0.6) is 0 Å². The molecule has 1 aromatic heterocycles. The number of aryl methyl sites for hydroxylation is 1. The molecule has 0 amide bonds. The second-order valence-electron chi connectivity index (χ2n) is 6.94. The van der Waals surface area contributed by atoms with Gasteiger partial charge in [-0.2, -0.15) is 5.10 Å². The van der Waals surface area contributed by atoms with Crippen LogP contribution in [0, 0.1) is 11.3 Å². The third-order valence-corrected chi connectivity index (χ3v) is 4.43. The summed E-state index contributed by atoms with van der Waals surface area (Å²) in [4.78, 5) is 14.4. The minimum atomic E-state index is -0.271. The summed E-state index contributed by atoms with van der Waals surface area (Å²) in [5.74, 6) is 0.434. The largest absolute Gasteiger partial charge is 0.462 e. The number of hydrogen-bond donors (Lipinski definition) is 0. The second kappa shape index (κ2) is 6.18. The number of carbonyl (C=O) groups excluding carboxylic acids is 1. The molecule has 1 aliphatic heterocycles. The molecule has 5 heteroatoms. The number of carbonyl (C=O) groups is 1. The summed E-state index contributed by atoms with van der Waals surface area (Å²) in [6.45, 7) is 12.0. The molecule has 1 atom stereocenters. The van der Waals surface area contributed by atoms with Gasteiger partial charge in [-0.1, -0.05) is 20.8 Å². The fraction of sp³-hybridized carbons (Fsp3) is 0.750. The van der Waals surface area contributed by atoms with E-state index in [0.29, 0.717) is 23.5 Å². The zero-order chi connectivity index (χ0) is 15.6. The van der Waals surface area contributed by atoms with Gasteiger partial charge < -0.3 is 4.74 Å². The lowest BCUT2D eigenvalue weighted by Gasteiger charge is -2.27. The molecule has 1 unspecified atom stereocenters. The Morgan fingerprint density at radius 3 is 2.76 bits per heavy atom. The molecule has 0 N–H and O–H groups in total. The van der Waals surface area contributed by atoms with Crippen molar-refractivity contribution in [2.45, 2.75) is 40.7 Å². The van der Waals surface area contributed by atoms with Crippen LogP contribution >= 0.6 is 0 Å². The van der Waals surface area contributed by atoms with E-state index in [0.717, 1.165) is 25.3 Å². The zero-order valence-corrected chi connectivity index (χ0v) is 13.8. The quantitative estimate of drug-likeness (QED) is 0.800. The Labute approximate surface area is 127 Å². The summed E-state index contributed by atoms with van der Waals surface area (Å²) in [6, 6.07) is 0. The van der Waals surface area contributed by atoms with Crippen LogP contribution in [0.25, 0.3) is 0 Å². The van der Waals surface area contributed by atoms with E-state index in [1.165, 1.54) is 6.42 Å². The first-order valence-electron chi connectivity index (χ1n) is 7.73. The normalized spacial score (nSPS) is 20.0. The SMILES string of the molecule is CCOC(=O)c1cnn(C)c1CN1CCC(C(C)(C)C)C1. The van der Waals surface area contributed by atoms with Crippen molar-refractivity contribution in [3.8, 4) is 0 Å². The minimum absolute atomic E-state index is 0.271. The van der Waals surface area contributed by atoms with Gasteiger partial charge >= 0.3 is 5.97 Å². The van der Waals surface area contributed by atoms with Crippen LogP contribution in [0.4, 0.5) is 0 Å². The van der Waals surface area contributed by atoms with Crippen molar-refractivity contribution < 1.29 is 9.53 Å².